The molecule has 0 aliphatic carbocycles. The largest absolute Gasteiger partial charge is 0.482 e. The summed E-state index contributed by atoms with van der Waals surface area (Å²) in [4.78, 5) is 0. The van der Waals surface area contributed by atoms with Crippen LogP contribution in [0.1, 0.15) is 12.0 Å². The van der Waals surface area contributed by atoms with Crippen molar-refractivity contribution in [3.05, 3.63) is 29.3 Å². The predicted octanol–water partition coefficient (Wildman–Crippen LogP) is 1.59. The minimum Gasteiger partial charge on any atom is -0.482 e. The summed E-state index contributed by atoms with van der Waals surface area (Å²) in [7, 11) is 0. The molecule has 2 rings (SSSR count). The van der Waals surface area contributed by atoms with Gasteiger partial charge in [-0.3, -0.25) is 0 Å². The van der Waals surface area contributed by atoms with Gasteiger partial charge in [0.1, 0.15) is 6.10 Å². The Hall–Kier alpha value is -1.20. The lowest BCUT2D eigenvalue weighted by Gasteiger charge is -2.13. The zero-order chi connectivity index (χ0) is 11.5. The van der Waals surface area contributed by atoms with Crippen LogP contribution >= 0.6 is 0 Å². The zero-order valence-electron chi connectivity index (χ0n) is 8.71. The monoisotopic (exact) mass is 229 g/mol. The molecular formula is C11H13F2NO2. The van der Waals surface area contributed by atoms with Crippen LogP contribution in [0.5, 0.6) is 5.75 Å². The molecule has 3 nitrogen and oxygen atoms in total. The second kappa shape index (κ2) is 4.76. The van der Waals surface area contributed by atoms with Gasteiger partial charge in [-0.05, 0) is 17.7 Å². The second-order valence-corrected chi connectivity index (χ2v) is 3.70. The Morgan fingerprint density at radius 3 is 2.56 bits per heavy atom. The van der Waals surface area contributed by atoms with E-state index in [4.69, 9.17) is 15.2 Å². The molecule has 1 aliphatic rings. The molecule has 16 heavy (non-hydrogen) atoms. The van der Waals surface area contributed by atoms with Crippen molar-refractivity contribution < 1.29 is 18.3 Å². The van der Waals surface area contributed by atoms with Gasteiger partial charge in [0, 0.05) is 13.0 Å². The summed E-state index contributed by atoms with van der Waals surface area (Å²) < 4.78 is 37.3. The van der Waals surface area contributed by atoms with E-state index in [0.717, 1.165) is 0 Å². The van der Waals surface area contributed by atoms with E-state index in [1.165, 1.54) is 12.1 Å². The predicted molar refractivity (Wildman–Crippen MR) is 54.1 cm³/mol. The fourth-order valence-electron chi connectivity index (χ4n) is 1.62. The molecule has 88 valence electrons. The van der Waals surface area contributed by atoms with Crippen LogP contribution in [0.25, 0.3) is 0 Å². The number of benzene rings is 1. The first-order valence-electron chi connectivity index (χ1n) is 5.13. The van der Waals surface area contributed by atoms with Gasteiger partial charge >= 0.3 is 0 Å². The Kier molecular flexibility index (Phi) is 3.36. The molecule has 2 N–H and O–H groups in total. The minimum absolute atomic E-state index is 0.0979. The lowest BCUT2D eigenvalue weighted by molar-refractivity contribution is 0.134. The summed E-state index contributed by atoms with van der Waals surface area (Å²) in [5.74, 6) is -1.77. The summed E-state index contributed by atoms with van der Waals surface area (Å²) in [5.41, 5.74) is 5.71. The van der Waals surface area contributed by atoms with Crippen molar-refractivity contribution in [3.63, 3.8) is 0 Å². The highest BCUT2D eigenvalue weighted by Gasteiger charge is 2.21. The maximum atomic E-state index is 13.5. The lowest BCUT2D eigenvalue weighted by Crippen LogP contribution is -2.17. The van der Waals surface area contributed by atoms with Crippen molar-refractivity contribution in [2.24, 2.45) is 5.73 Å². The van der Waals surface area contributed by atoms with Crippen LogP contribution in [0, 0.1) is 11.6 Å². The van der Waals surface area contributed by atoms with Crippen molar-refractivity contribution in [2.75, 3.05) is 13.2 Å². The Bertz CT molecular complexity index is 355. The van der Waals surface area contributed by atoms with Gasteiger partial charge in [0.25, 0.3) is 0 Å². The van der Waals surface area contributed by atoms with Gasteiger partial charge in [-0.25, -0.2) is 8.78 Å². The summed E-state index contributed by atoms with van der Waals surface area (Å²) >= 11 is 0. The summed E-state index contributed by atoms with van der Waals surface area (Å²) in [6, 6.07) is 2.38. The molecule has 0 bridgehead atoms. The van der Waals surface area contributed by atoms with Gasteiger partial charge in [0.2, 0.25) is 0 Å². The van der Waals surface area contributed by atoms with Gasteiger partial charge in [0.15, 0.2) is 17.4 Å². The van der Waals surface area contributed by atoms with E-state index in [2.05, 4.69) is 0 Å². The van der Waals surface area contributed by atoms with Crippen molar-refractivity contribution >= 4 is 0 Å². The van der Waals surface area contributed by atoms with Crippen LogP contribution in [0.4, 0.5) is 8.78 Å². The summed E-state index contributed by atoms with van der Waals surface area (Å²) in [6.45, 7) is 1.03. The molecule has 0 radical (unpaired) electrons. The van der Waals surface area contributed by atoms with E-state index in [9.17, 15) is 8.78 Å². The van der Waals surface area contributed by atoms with Crippen LogP contribution in [0.15, 0.2) is 12.1 Å². The Labute approximate surface area is 92.1 Å². The fraction of sp³-hybridized carbons (Fsp3) is 0.455. The van der Waals surface area contributed by atoms with Crippen molar-refractivity contribution in [3.8, 4) is 5.75 Å². The molecule has 5 heteroatoms. The van der Waals surface area contributed by atoms with Crippen molar-refractivity contribution in [1.82, 2.24) is 0 Å². The molecule has 0 saturated carbocycles. The smallest absolute Gasteiger partial charge is 0.191 e. The van der Waals surface area contributed by atoms with E-state index in [0.29, 0.717) is 25.2 Å². The number of halogens is 2. The normalized spacial score (nSPS) is 20.1. The quantitative estimate of drug-likeness (QED) is 0.856. The first-order valence-corrected chi connectivity index (χ1v) is 5.13. The molecule has 0 spiro atoms. The first-order chi connectivity index (χ1) is 7.70. The highest BCUT2D eigenvalue weighted by atomic mass is 19.1. The number of nitrogens with two attached hydrogens (primary N) is 1. The van der Waals surface area contributed by atoms with Crippen LogP contribution in [0.3, 0.4) is 0 Å². The molecule has 0 amide bonds. The topological polar surface area (TPSA) is 44.5 Å². The SMILES string of the molecule is NCc1cc(F)c(OC2CCOC2)c(F)c1. The molecule has 1 aliphatic heterocycles. The van der Waals surface area contributed by atoms with E-state index in [-0.39, 0.29) is 18.4 Å². The van der Waals surface area contributed by atoms with E-state index in [1.807, 2.05) is 0 Å². The molecule has 0 aromatic heterocycles. The Balaban J connectivity index is 2.19. The third-order valence-corrected chi connectivity index (χ3v) is 2.47. The molecule has 1 heterocycles. The Morgan fingerprint density at radius 2 is 2.06 bits per heavy atom. The van der Waals surface area contributed by atoms with Gasteiger partial charge in [0.05, 0.1) is 13.2 Å². The molecule has 1 fully saturated rings. The van der Waals surface area contributed by atoms with Crippen LogP contribution in [-0.4, -0.2) is 19.3 Å². The maximum Gasteiger partial charge on any atom is 0.191 e. The van der Waals surface area contributed by atoms with Gasteiger partial charge in [-0.1, -0.05) is 0 Å². The number of hydrogen-bond acceptors (Lipinski definition) is 3. The molecule has 1 aromatic rings. The van der Waals surface area contributed by atoms with Crippen LogP contribution in [-0.2, 0) is 11.3 Å². The van der Waals surface area contributed by atoms with Crippen molar-refractivity contribution in [1.29, 1.82) is 0 Å². The molecule has 1 unspecified atom stereocenters. The molecule has 1 saturated heterocycles. The average Bonchev–Trinajstić information content (AvgIpc) is 2.75. The molecule has 1 atom stereocenters. The van der Waals surface area contributed by atoms with Crippen molar-refractivity contribution in [2.45, 2.75) is 19.1 Å². The Morgan fingerprint density at radius 1 is 1.38 bits per heavy atom. The molecule has 1 aromatic carbocycles. The minimum atomic E-state index is -0.715. The third-order valence-electron chi connectivity index (χ3n) is 2.47. The number of ether oxygens (including phenoxy) is 2. The second-order valence-electron chi connectivity index (χ2n) is 3.70. The summed E-state index contributed by atoms with van der Waals surface area (Å²) in [5, 5.41) is 0. The lowest BCUT2D eigenvalue weighted by atomic mass is 10.2. The molecular weight excluding hydrogens is 216 g/mol. The highest BCUT2D eigenvalue weighted by molar-refractivity contribution is 5.31. The first kappa shape index (κ1) is 11.3. The van der Waals surface area contributed by atoms with Crippen LogP contribution in [0.2, 0.25) is 0 Å². The average molecular weight is 229 g/mol. The number of rotatable bonds is 3. The van der Waals surface area contributed by atoms with Gasteiger partial charge in [-0.2, -0.15) is 0 Å². The van der Waals surface area contributed by atoms with E-state index < -0.39 is 11.6 Å². The standard InChI is InChI=1S/C11H13F2NO2/c12-9-3-7(5-14)4-10(13)11(9)16-8-1-2-15-6-8/h3-4,8H,1-2,5-6,14H2. The summed E-state index contributed by atoms with van der Waals surface area (Å²) in [6.07, 6.45) is 0.380. The van der Waals surface area contributed by atoms with Gasteiger partial charge in [-0.15, -0.1) is 0 Å². The zero-order valence-corrected chi connectivity index (χ0v) is 8.71. The van der Waals surface area contributed by atoms with E-state index >= 15 is 0 Å². The highest BCUT2D eigenvalue weighted by Crippen LogP contribution is 2.25. The third kappa shape index (κ3) is 2.31. The number of hydrogen-bond donors (Lipinski definition) is 1. The van der Waals surface area contributed by atoms with E-state index in [1.54, 1.807) is 0 Å². The fourth-order valence-corrected chi connectivity index (χ4v) is 1.62. The van der Waals surface area contributed by atoms with Gasteiger partial charge < -0.3 is 15.2 Å². The van der Waals surface area contributed by atoms with Crippen LogP contribution < -0.4 is 10.5 Å². The maximum absolute atomic E-state index is 13.5.